The first-order chi connectivity index (χ1) is 18.1. The van der Waals surface area contributed by atoms with E-state index in [1.807, 2.05) is 20.8 Å². The Morgan fingerprint density at radius 2 is 1.84 bits per heavy atom. The Kier molecular flexibility index (Phi) is 7.54. The van der Waals surface area contributed by atoms with Crippen LogP contribution in [-0.4, -0.2) is 40.4 Å². The van der Waals surface area contributed by atoms with Crippen LogP contribution < -0.4 is 25.7 Å². The van der Waals surface area contributed by atoms with Gasteiger partial charge in [0.25, 0.3) is 11.5 Å². The molecule has 10 nitrogen and oxygen atoms in total. The molecular formula is C27H29ClN6O4. The second-order valence-corrected chi connectivity index (χ2v) is 9.61. The number of aryl methyl sites for hydroxylation is 2. The van der Waals surface area contributed by atoms with Gasteiger partial charge in [0.1, 0.15) is 17.1 Å². The van der Waals surface area contributed by atoms with Gasteiger partial charge in [-0.25, -0.2) is 9.98 Å². The minimum absolute atomic E-state index is 0.00523. The molecule has 3 aromatic rings. The number of aromatic nitrogens is 3. The van der Waals surface area contributed by atoms with Crippen LogP contribution in [0.15, 0.2) is 63.8 Å². The van der Waals surface area contributed by atoms with E-state index in [1.165, 1.54) is 29.9 Å². The number of nitrogens with zero attached hydrogens (tertiary/aromatic N) is 5. The fraction of sp³-hybridized carbons (Fsp3) is 0.296. The summed E-state index contributed by atoms with van der Waals surface area (Å²) in [6, 6.07) is 8.15. The zero-order valence-electron chi connectivity index (χ0n) is 22.0. The first kappa shape index (κ1) is 26.9. The molecule has 0 fully saturated rings. The summed E-state index contributed by atoms with van der Waals surface area (Å²) in [5.74, 6) is -0.474. The molecule has 1 atom stereocenters. The van der Waals surface area contributed by atoms with Crippen LogP contribution in [0.3, 0.4) is 0 Å². The highest BCUT2D eigenvalue weighted by atomic mass is 35.5. The fourth-order valence-electron chi connectivity index (χ4n) is 4.46. The van der Waals surface area contributed by atoms with Crippen molar-refractivity contribution in [1.29, 1.82) is 0 Å². The average Bonchev–Trinajstić information content (AvgIpc) is 3.14. The average molecular weight is 537 g/mol. The molecule has 0 radical (unpaired) electrons. The molecule has 198 valence electrons. The number of methoxy groups -OCH3 is 2. The van der Waals surface area contributed by atoms with Gasteiger partial charge in [-0.05, 0) is 42.2 Å². The number of rotatable bonds is 7. The number of pyridine rings is 1. The molecule has 38 heavy (non-hydrogen) atoms. The first-order valence-corrected chi connectivity index (χ1v) is 12.2. The lowest BCUT2D eigenvalue weighted by atomic mass is 9.90. The predicted octanol–water partition coefficient (Wildman–Crippen LogP) is 3.88. The number of amides is 1. The molecule has 2 aromatic heterocycles. The van der Waals surface area contributed by atoms with E-state index in [0.717, 1.165) is 5.56 Å². The van der Waals surface area contributed by atoms with Crippen LogP contribution >= 0.6 is 11.6 Å². The standard InChI is InChI=1S/C27H29ClN6O4/c1-14(2)22(31-18-12-30-27(38-6)32-24(18)37-5)20-21(29)26(36)34(19-11-15(3)13-33(4)25(19)35)23(20)16-7-9-17(28)10-8-16/h7-14,23H,29H2,1-6H3. The molecule has 1 unspecified atom stereocenters. The Morgan fingerprint density at radius 1 is 1.16 bits per heavy atom. The number of anilines is 1. The minimum atomic E-state index is -0.736. The number of halogens is 1. The Labute approximate surface area is 225 Å². The van der Waals surface area contributed by atoms with Crippen molar-refractivity contribution in [2.24, 2.45) is 23.7 Å². The Hall–Kier alpha value is -4.18. The molecule has 3 heterocycles. The third-order valence-electron chi connectivity index (χ3n) is 6.17. The highest BCUT2D eigenvalue weighted by molar-refractivity contribution is 6.30. The van der Waals surface area contributed by atoms with Crippen molar-refractivity contribution in [3.05, 3.63) is 80.5 Å². The smallest absolute Gasteiger partial charge is 0.319 e. The number of hydrogen-bond donors (Lipinski definition) is 1. The van der Waals surface area contributed by atoms with Gasteiger partial charge in [-0.3, -0.25) is 14.5 Å². The van der Waals surface area contributed by atoms with Crippen LogP contribution in [0.4, 0.5) is 11.4 Å². The highest BCUT2D eigenvalue weighted by Gasteiger charge is 2.43. The Balaban J connectivity index is 1.98. The number of ether oxygens (including phenoxy) is 2. The number of carbonyl (C=O) groups is 1. The number of benzene rings is 1. The van der Waals surface area contributed by atoms with Gasteiger partial charge in [0, 0.05) is 23.8 Å². The van der Waals surface area contributed by atoms with Crippen molar-refractivity contribution in [1.82, 2.24) is 14.5 Å². The van der Waals surface area contributed by atoms with Crippen LogP contribution in [-0.2, 0) is 11.8 Å². The Morgan fingerprint density at radius 3 is 2.45 bits per heavy atom. The zero-order chi connectivity index (χ0) is 27.7. The van der Waals surface area contributed by atoms with E-state index < -0.39 is 11.9 Å². The normalized spacial score (nSPS) is 16.0. The van der Waals surface area contributed by atoms with Gasteiger partial charge in [0.15, 0.2) is 0 Å². The quantitative estimate of drug-likeness (QED) is 0.454. The Bertz CT molecular complexity index is 1510. The summed E-state index contributed by atoms with van der Waals surface area (Å²) in [6.07, 6.45) is 3.18. The van der Waals surface area contributed by atoms with Crippen LogP contribution in [0.5, 0.6) is 11.9 Å². The van der Waals surface area contributed by atoms with E-state index >= 15 is 0 Å². The van der Waals surface area contributed by atoms with Gasteiger partial charge < -0.3 is 19.8 Å². The molecule has 0 bridgehead atoms. The number of nitrogens with two attached hydrogens (primary N) is 1. The third kappa shape index (κ3) is 4.87. The molecule has 2 N–H and O–H groups in total. The highest BCUT2D eigenvalue weighted by Crippen LogP contribution is 2.42. The van der Waals surface area contributed by atoms with Crippen molar-refractivity contribution in [2.45, 2.75) is 26.8 Å². The largest absolute Gasteiger partial charge is 0.479 e. The lowest BCUT2D eigenvalue weighted by Crippen LogP contribution is -2.37. The molecule has 1 aliphatic heterocycles. The van der Waals surface area contributed by atoms with Crippen molar-refractivity contribution >= 4 is 34.6 Å². The number of hydrogen-bond acceptors (Lipinski definition) is 8. The number of carbonyl (C=O) groups excluding carboxylic acids is 1. The van der Waals surface area contributed by atoms with Gasteiger partial charge in [-0.2, -0.15) is 4.98 Å². The molecule has 11 heteroatoms. The van der Waals surface area contributed by atoms with E-state index in [2.05, 4.69) is 9.97 Å². The summed E-state index contributed by atoms with van der Waals surface area (Å²) in [6.45, 7) is 5.73. The molecular weight excluding hydrogens is 508 g/mol. The SMILES string of the molecule is COc1ncc(N=C(C2=C(N)C(=O)N(c3cc(C)cn(C)c3=O)C2c2ccc(Cl)cc2)C(C)C)c(OC)n1. The van der Waals surface area contributed by atoms with Crippen LogP contribution in [0.2, 0.25) is 5.02 Å². The summed E-state index contributed by atoms with van der Waals surface area (Å²) in [5.41, 5.74) is 9.28. The van der Waals surface area contributed by atoms with Crippen LogP contribution in [0, 0.1) is 12.8 Å². The molecule has 0 spiro atoms. The van der Waals surface area contributed by atoms with E-state index in [-0.39, 0.29) is 34.8 Å². The van der Waals surface area contributed by atoms with Crippen molar-refractivity contribution in [2.75, 3.05) is 19.1 Å². The molecule has 4 rings (SSSR count). The summed E-state index contributed by atoms with van der Waals surface area (Å²) >= 11 is 6.18. The summed E-state index contributed by atoms with van der Waals surface area (Å²) in [5, 5.41) is 0.535. The molecule has 1 amide bonds. The van der Waals surface area contributed by atoms with Gasteiger partial charge in [0.2, 0.25) is 5.88 Å². The molecule has 0 saturated heterocycles. The second-order valence-electron chi connectivity index (χ2n) is 9.18. The molecule has 1 aromatic carbocycles. The monoisotopic (exact) mass is 536 g/mol. The fourth-order valence-corrected chi connectivity index (χ4v) is 4.58. The maximum atomic E-state index is 13.8. The van der Waals surface area contributed by atoms with Crippen LogP contribution in [0.1, 0.15) is 31.0 Å². The molecule has 0 aliphatic carbocycles. The minimum Gasteiger partial charge on any atom is -0.479 e. The zero-order valence-corrected chi connectivity index (χ0v) is 22.8. The topological polar surface area (TPSA) is 125 Å². The van der Waals surface area contributed by atoms with Crippen molar-refractivity contribution < 1.29 is 14.3 Å². The lowest BCUT2D eigenvalue weighted by molar-refractivity contribution is -0.114. The van der Waals surface area contributed by atoms with E-state index in [0.29, 0.717) is 27.6 Å². The van der Waals surface area contributed by atoms with E-state index in [9.17, 15) is 9.59 Å². The van der Waals surface area contributed by atoms with Crippen molar-refractivity contribution in [3.8, 4) is 11.9 Å². The van der Waals surface area contributed by atoms with Gasteiger partial charge in [0.05, 0.1) is 32.2 Å². The van der Waals surface area contributed by atoms with E-state index in [1.54, 1.807) is 43.6 Å². The first-order valence-electron chi connectivity index (χ1n) is 11.9. The predicted molar refractivity (Wildman–Crippen MR) is 146 cm³/mol. The van der Waals surface area contributed by atoms with Crippen LogP contribution in [0.25, 0.3) is 0 Å². The van der Waals surface area contributed by atoms with Crippen molar-refractivity contribution in [3.63, 3.8) is 0 Å². The maximum Gasteiger partial charge on any atom is 0.319 e. The van der Waals surface area contributed by atoms with Gasteiger partial charge in [-0.15, -0.1) is 0 Å². The molecule has 1 aliphatic rings. The lowest BCUT2D eigenvalue weighted by Gasteiger charge is -2.29. The molecule has 0 saturated carbocycles. The third-order valence-corrected chi connectivity index (χ3v) is 6.42. The summed E-state index contributed by atoms with van der Waals surface area (Å²) in [7, 11) is 4.56. The van der Waals surface area contributed by atoms with Gasteiger partial charge in [-0.1, -0.05) is 37.6 Å². The van der Waals surface area contributed by atoms with E-state index in [4.69, 9.17) is 31.8 Å². The second kappa shape index (κ2) is 10.7. The maximum absolute atomic E-state index is 13.8. The number of aliphatic imine (C=N–C) groups is 1. The summed E-state index contributed by atoms with van der Waals surface area (Å²) in [4.78, 5) is 41.7. The summed E-state index contributed by atoms with van der Waals surface area (Å²) < 4.78 is 12.0. The van der Waals surface area contributed by atoms with Gasteiger partial charge >= 0.3 is 6.01 Å².